The van der Waals surface area contributed by atoms with Gasteiger partial charge in [0.05, 0.1) is 33.5 Å². The number of rotatable bonds is 18. The Morgan fingerprint density at radius 1 is 0.744 bits per heavy atom. The van der Waals surface area contributed by atoms with E-state index in [4.69, 9.17) is 19.9 Å². The summed E-state index contributed by atoms with van der Waals surface area (Å²) < 4.78 is 15.9. The molecule has 43 heavy (non-hydrogen) atoms. The number of nitrogens with zero attached hydrogens (tertiary/aromatic N) is 4. The van der Waals surface area contributed by atoms with Crippen LogP contribution in [0.5, 0.6) is 5.75 Å². The minimum Gasteiger partial charge on any atom is -0.497 e. The molecule has 0 atom stereocenters. The number of hydrogen-bond donors (Lipinski definition) is 5. The fourth-order valence-corrected chi connectivity index (χ4v) is 3.77. The maximum atomic E-state index is 12.5. The smallest absolute Gasteiger partial charge is 0.251 e. The van der Waals surface area contributed by atoms with Crippen molar-refractivity contribution < 1.29 is 19.0 Å². The second kappa shape index (κ2) is 17.2. The molecule has 4 rings (SSSR count). The normalized spacial score (nSPS) is 10.7. The molecule has 0 radical (unpaired) electrons. The van der Waals surface area contributed by atoms with E-state index in [1.165, 1.54) is 0 Å². The van der Waals surface area contributed by atoms with Crippen LogP contribution in [0.1, 0.15) is 21.5 Å². The molecule has 6 N–H and O–H groups in total. The summed E-state index contributed by atoms with van der Waals surface area (Å²) in [4.78, 5) is 30.2. The topological polar surface area (TPSA) is 170 Å². The van der Waals surface area contributed by atoms with Gasteiger partial charge < -0.3 is 41.2 Å². The largest absolute Gasteiger partial charge is 0.497 e. The van der Waals surface area contributed by atoms with E-state index in [1.54, 1.807) is 43.8 Å². The summed E-state index contributed by atoms with van der Waals surface area (Å²) in [6.07, 6.45) is 3.47. The summed E-state index contributed by atoms with van der Waals surface area (Å²) in [7, 11) is 1.64. The molecular formula is C30H37N9O4. The van der Waals surface area contributed by atoms with Gasteiger partial charge >= 0.3 is 0 Å². The van der Waals surface area contributed by atoms with Gasteiger partial charge in [-0.2, -0.15) is 15.0 Å². The van der Waals surface area contributed by atoms with Gasteiger partial charge in [-0.15, -0.1) is 0 Å². The Morgan fingerprint density at radius 3 is 1.98 bits per heavy atom. The minimum atomic E-state index is -0.192. The molecule has 0 saturated heterocycles. The lowest BCUT2D eigenvalue weighted by Crippen LogP contribution is -2.27. The zero-order valence-corrected chi connectivity index (χ0v) is 24.1. The highest BCUT2D eigenvalue weighted by Gasteiger charge is 2.10. The van der Waals surface area contributed by atoms with Gasteiger partial charge in [0, 0.05) is 49.8 Å². The van der Waals surface area contributed by atoms with Crippen LogP contribution in [0.15, 0.2) is 73.1 Å². The fourth-order valence-electron chi connectivity index (χ4n) is 3.77. The Bertz CT molecular complexity index is 1390. The van der Waals surface area contributed by atoms with Crippen LogP contribution < -0.4 is 31.7 Å². The number of methoxy groups -OCH3 is 1. The Hall–Kier alpha value is -4.85. The van der Waals surface area contributed by atoms with Crippen LogP contribution in [0.25, 0.3) is 0 Å². The fraction of sp³-hybridized carbons (Fsp3) is 0.300. The Morgan fingerprint density at radius 2 is 1.35 bits per heavy atom. The van der Waals surface area contributed by atoms with E-state index in [1.807, 2.05) is 36.4 Å². The number of nitrogens with two attached hydrogens (primary N) is 1. The second-order valence-corrected chi connectivity index (χ2v) is 9.19. The molecule has 0 fully saturated rings. The van der Waals surface area contributed by atoms with Crippen molar-refractivity contribution in [2.45, 2.75) is 13.1 Å². The molecule has 226 valence electrons. The zero-order chi connectivity index (χ0) is 30.1. The van der Waals surface area contributed by atoms with E-state index in [0.29, 0.717) is 81.7 Å². The number of benzene rings is 2. The summed E-state index contributed by atoms with van der Waals surface area (Å²) >= 11 is 0. The number of anilines is 4. The predicted octanol–water partition coefficient (Wildman–Crippen LogP) is 2.96. The summed E-state index contributed by atoms with van der Waals surface area (Å²) in [6.45, 7) is 3.72. The van der Waals surface area contributed by atoms with Gasteiger partial charge in [-0.05, 0) is 59.7 Å². The summed E-state index contributed by atoms with van der Waals surface area (Å²) in [6, 6.07) is 18.6. The number of aromatic nitrogens is 4. The monoisotopic (exact) mass is 587 g/mol. The Kier molecular flexibility index (Phi) is 12.4. The van der Waals surface area contributed by atoms with E-state index in [2.05, 4.69) is 41.2 Å². The maximum absolute atomic E-state index is 12.5. The highest BCUT2D eigenvalue weighted by Crippen LogP contribution is 2.18. The molecule has 2 heterocycles. The van der Waals surface area contributed by atoms with Gasteiger partial charge in [-0.1, -0.05) is 12.1 Å². The zero-order valence-electron chi connectivity index (χ0n) is 24.1. The van der Waals surface area contributed by atoms with Crippen molar-refractivity contribution in [3.63, 3.8) is 0 Å². The quantitative estimate of drug-likeness (QED) is 0.108. The maximum Gasteiger partial charge on any atom is 0.251 e. The highest BCUT2D eigenvalue weighted by atomic mass is 16.5. The molecule has 13 heteroatoms. The number of ether oxygens (including phenoxy) is 3. The van der Waals surface area contributed by atoms with E-state index < -0.39 is 0 Å². The molecule has 0 unspecified atom stereocenters. The average molecular weight is 588 g/mol. The number of nitrogens with one attached hydrogen (secondary N) is 4. The second-order valence-electron chi connectivity index (χ2n) is 9.19. The average Bonchev–Trinajstić information content (AvgIpc) is 3.05. The third kappa shape index (κ3) is 10.8. The van der Waals surface area contributed by atoms with Gasteiger partial charge in [-0.3, -0.25) is 9.78 Å². The molecule has 13 nitrogen and oxygen atoms in total. The third-order valence-corrected chi connectivity index (χ3v) is 6.01. The van der Waals surface area contributed by atoms with Crippen molar-refractivity contribution in [1.29, 1.82) is 0 Å². The molecule has 2 aromatic carbocycles. The van der Waals surface area contributed by atoms with Crippen LogP contribution in [-0.2, 0) is 22.6 Å². The number of hydrogen-bond acceptors (Lipinski definition) is 12. The third-order valence-electron chi connectivity index (χ3n) is 6.01. The Labute approximate surface area is 250 Å². The first-order chi connectivity index (χ1) is 21.1. The van der Waals surface area contributed by atoms with E-state index in [0.717, 1.165) is 16.9 Å². The molecular weight excluding hydrogens is 550 g/mol. The van der Waals surface area contributed by atoms with Crippen LogP contribution in [-0.4, -0.2) is 72.5 Å². The molecule has 4 aromatic rings. The van der Waals surface area contributed by atoms with Crippen molar-refractivity contribution in [3.05, 3.63) is 89.7 Å². The van der Waals surface area contributed by atoms with E-state index in [9.17, 15) is 4.79 Å². The lowest BCUT2D eigenvalue weighted by atomic mass is 10.2. The van der Waals surface area contributed by atoms with E-state index in [-0.39, 0.29) is 5.91 Å². The van der Waals surface area contributed by atoms with Crippen LogP contribution in [0.4, 0.5) is 23.5 Å². The van der Waals surface area contributed by atoms with Gasteiger partial charge in [0.1, 0.15) is 5.75 Å². The first-order valence-electron chi connectivity index (χ1n) is 13.9. The molecule has 0 saturated carbocycles. The lowest BCUT2D eigenvalue weighted by Gasteiger charge is -2.12. The summed E-state index contributed by atoms with van der Waals surface area (Å²) in [5, 5.41) is 12.5. The molecule has 0 aliphatic heterocycles. The van der Waals surface area contributed by atoms with Gasteiger partial charge in [0.15, 0.2) is 0 Å². The molecule has 1 amide bonds. The summed E-state index contributed by atoms with van der Waals surface area (Å²) in [5.74, 6) is 1.73. The SMILES string of the molecule is COc1ccc(CNc2nc(NCc3ccncc3)nc(Nc3ccc(C(=O)NCCOCCOCCN)cc3)n2)cc1. The van der Waals surface area contributed by atoms with E-state index >= 15 is 0 Å². The first-order valence-corrected chi connectivity index (χ1v) is 13.9. The van der Waals surface area contributed by atoms with Crippen molar-refractivity contribution in [2.24, 2.45) is 5.73 Å². The Balaban J connectivity index is 1.35. The lowest BCUT2D eigenvalue weighted by molar-refractivity contribution is 0.0511. The van der Waals surface area contributed by atoms with Crippen molar-refractivity contribution in [2.75, 3.05) is 62.6 Å². The number of pyridine rings is 1. The van der Waals surface area contributed by atoms with Crippen LogP contribution >= 0.6 is 0 Å². The molecule has 2 aromatic heterocycles. The first kappa shape index (κ1) is 31.1. The number of carbonyl (C=O) groups excluding carboxylic acids is 1. The van der Waals surface area contributed by atoms with Crippen LogP contribution in [0.3, 0.4) is 0 Å². The highest BCUT2D eigenvalue weighted by molar-refractivity contribution is 5.94. The molecule has 0 aliphatic rings. The summed E-state index contributed by atoms with van der Waals surface area (Å²) in [5.41, 5.74) is 8.68. The number of amides is 1. The van der Waals surface area contributed by atoms with Gasteiger partial charge in [-0.25, -0.2) is 0 Å². The van der Waals surface area contributed by atoms with Crippen LogP contribution in [0.2, 0.25) is 0 Å². The van der Waals surface area contributed by atoms with Crippen molar-refractivity contribution in [1.82, 2.24) is 25.3 Å². The molecule has 0 aliphatic carbocycles. The number of carbonyl (C=O) groups is 1. The minimum absolute atomic E-state index is 0.192. The predicted molar refractivity (Wildman–Crippen MR) is 164 cm³/mol. The standard InChI is InChI=1S/C30H37N9O4/c1-41-26-8-2-22(3-9-26)20-34-28-37-29(35-21-23-10-13-32-14-11-23)39-30(38-28)36-25-6-4-24(5-7-25)27(40)33-15-17-43-19-18-42-16-12-31/h2-11,13-14H,12,15-21,31H2,1H3,(H,33,40)(H3,34,35,36,37,38,39). The van der Waals surface area contributed by atoms with Gasteiger partial charge in [0.2, 0.25) is 17.8 Å². The molecule has 0 spiro atoms. The van der Waals surface area contributed by atoms with Crippen molar-refractivity contribution in [3.8, 4) is 5.75 Å². The van der Waals surface area contributed by atoms with Gasteiger partial charge in [0.25, 0.3) is 5.91 Å². The van der Waals surface area contributed by atoms with Crippen LogP contribution in [0, 0.1) is 0 Å². The molecule has 0 bridgehead atoms. The van der Waals surface area contributed by atoms with Crippen molar-refractivity contribution >= 4 is 29.4 Å².